The second-order valence-electron chi connectivity index (χ2n) is 6.99. The van der Waals surface area contributed by atoms with Crippen LogP contribution in [0.3, 0.4) is 0 Å². The van der Waals surface area contributed by atoms with E-state index in [1.807, 2.05) is 4.90 Å². The number of piperazine rings is 1. The van der Waals surface area contributed by atoms with Gasteiger partial charge in [-0.2, -0.15) is 0 Å². The number of nitrogens with one attached hydrogen (secondary N) is 1. The second kappa shape index (κ2) is 8.87. The Kier molecular flexibility index (Phi) is 6.30. The van der Waals surface area contributed by atoms with Crippen molar-refractivity contribution in [1.82, 2.24) is 10.2 Å². The zero-order valence-corrected chi connectivity index (χ0v) is 15.2. The Balaban J connectivity index is 1.39. The summed E-state index contributed by atoms with van der Waals surface area (Å²) in [5, 5.41) is 3.06. The molecule has 1 aliphatic carbocycles. The molecule has 0 unspecified atom stereocenters. The van der Waals surface area contributed by atoms with Crippen molar-refractivity contribution in [1.29, 1.82) is 0 Å². The fourth-order valence-electron chi connectivity index (χ4n) is 3.59. The summed E-state index contributed by atoms with van der Waals surface area (Å²) < 4.78 is 13.0. The molecule has 0 radical (unpaired) electrons. The molecule has 1 aliphatic heterocycles. The molecule has 2 fully saturated rings. The third kappa shape index (κ3) is 5.09. The van der Waals surface area contributed by atoms with E-state index in [0.717, 1.165) is 44.7 Å². The largest absolute Gasteiger partial charge is 0.370 e. The fraction of sp³-hybridized carbons (Fsp3) is 0.579. The zero-order chi connectivity index (χ0) is 18.4. The first kappa shape index (κ1) is 18.5. The summed E-state index contributed by atoms with van der Waals surface area (Å²) in [6.07, 6.45) is 4.98. The lowest BCUT2D eigenvalue weighted by molar-refractivity contribution is -0.121. The van der Waals surface area contributed by atoms with Crippen LogP contribution in [0.25, 0.3) is 0 Å². The minimum Gasteiger partial charge on any atom is -0.370 e. The van der Waals surface area contributed by atoms with E-state index < -0.39 is 0 Å². The molecule has 1 saturated carbocycles. The maximum atomic E-state index is 13.0. The SMILES string of the molecule is NC(=NCCC(=O)NC1CCCC1)N1CCN(c2ccc(F)cc2)CC1. The predicted octanol–water partition coefficient (Wildman–Crippen LogP) is 1.71. The van der Waals surface area contributed by atoms with Crippen molar-refractivity contribution in [3.05, 3.63) is 30.1 Å². The third-order valence-electron chi connectivity index (χ3n) is 5.13. The number of aliphatic imine (C=N–C) groups is 1. The molecule has 1 saturated heterocycles. The average molecular weight is 361 g/mol. The van der Waals surface area contributed by atoms with E-state index in [2.05, 4.69) is 15.2 Å². The number of nitrogens with two attached hydrogens (primary N) is 1. The standard InChI is InChI=1S/C19H28FN5O/c20-15-5-7-17(8-6-15)24-11-13-25(14-12-24)19(21)22-10-9-18(26)23-16-3-1-2-4-16/h5-8,16H,1-4,9-14H2,(H2,21,22)(H,23,26). The van der Waals surface area contributed by atoms with Crippen molar-refractivity contribution in [3.8, 4) is 0 Å². The first-order valence-corrected chi connectivity index (χ1v) is 9.46. The summed E-state index contributed by atoms with van der Waals surface area (Å²) >= 11 is 0. The van der Waals surface area contributed by atoms with E-state index in [9.17, 15) is 9.18 Å². The van der Waals surface area contributed by atoms with Crippen LogP contribution in [0.4, 0.5) is 10.1 Å². The molecular formula is C19H28FN5O. The minimum absolute atomic E-state index is 0.0644. The molecule has 1 aromatic carbocycles. The van der Waals surface area contributed by atoms with Crippen molar-refractivity contribution >= 4 is 17.6 Å². The van der Waals surface area contributed by atoms with Gasteiger partial charge in [0.2, 0.25) is 5.91 Å². The van der Waals surface area contributed by atoms with Gasteiger partial charge in [0.1, 0.15) is 5.82 Å². The molecule has 1 heterocycles. The van der Waals surface area contributed by atoms with Gasteiger partial charge in [-0.3, -0.25) is 9.79 Å². The topological polar surface area (TPSA) is 74.0 Å². The van der Waals surface area contributed by atoms with E-state index in [1.165, 1.54) is 25.0 Å². The number of guanidine groups is 1. The van der Waals surface area contributed by atoms with Gasteiger partial charge in [-0.15, -0.1) is 0 Å². The number of hydrogen-bond donors (Lipinski definition) is 2. The van der Waals surface area contributed by atoms with Crippen molar-refractivity contribution in [2.75, 3.05) is 37.6 Å². The lowest BCUT2D eigenvalue weighted by atomic mass is 10.2. The molecule has 0 aromatic heterocycles. The van der Waals surface area contributed by atoms with Crippen LogP contribution in [0.5, 0.6) is 0 Å². The van der Waals surface area contributed by atoms with Gasteiger partial charge in [-0.25, -0.2) is 4.39 Å². The highest BCUT2D eigenvalue weighted by atomic mass is 19.1. The van der Waals surface area contributed by atoms with Gasteiger partial charge in [0.15, 0.2) is 5.96 Å². The highest BCUT2D eigenvalue weighted by Crippen LogP contribution is 2.18. The number of anilines is 1. The highest BCUT2D eigenvalue weighted by Gasteiger charge is 2.19. The van der Waals surface area contributed by atoms with Gasteiger partial charge < -0.3 is 20.9 Å². The summed E-state index contributed by atoms with van der Waals surface area (Å²) in [5.41, 5.74) is 7.10. The first-order valence-electron chi connectivity index (χ1n) is 9.46. The second-order valence-corrected chi connectivity index (χ2v) is 6.99. The van der Waals surface area contributed by atoms with Crippen molar-refractivity contribution in [3.63, 3.8) is 0 Å². The maximum absolute atomic E-state index is 13.0. The molecule has 7 heteroatoms. The number of hydrogen-bond acceptors (Lipinski definition) is 3. The Labute approximate surface area is 154 Å². The number of nitrogens with zero attached hydrogens (tertiary/aromatic N) is 3. The van der Waals surface area contributed by atoms with Gasteiger partial charge in [-0.1, -0.05) is 12.8 Å². The van der Waals surface area contributed by atoms with E-state index in [1.54, 1.807) is 12.1 Å². The van der Waals surface area contributed by atoms with Crippen LogP contribution in [-0.4, -0.2) is 55.5 Å². The molecule has 1 aromatic rings. The van der Waals surface area contributed by atoms with Crippen LogP contribution in [0.1, 0.15) is 32.1 Å². The predicted molar refractivity (Wildman–Crippen MR) is 102 cm³/mol. The molecule has 0 atom stereocenters. The van der Waals surface area contributed by atoms with E-state index in [-0.39, 0.29) is 11.7 Å². The summed E-state index contributed by atoms with van der Waals surface area (Å²) in [6.45, 7) is 3.57. The molecule has 142 valence electrons. The molecule has 26 heavy (non-hydrogen) atoms. The Hall–Kier alpha value is -2.31. The van der Waals surface area contributed by atoms with Crippen LogP contribution in [0, 0.1) is 5.82 Å². The quantitative estimate of drug-likeness (QED) is 0.619. The van der Waals surface area contributed by atoms with Gasteiger partial charge in [0, 0.05) is 44.3 Å². The van der Waals surface area contributed by atoms with Crippen LogP contribution < -0.4 is 16.0 Å². The van der Waals surface area contributed by atoms with E-state index >= 15 is 0 Å². The molecule has 0 spiro atoms. The number of benzene rings is 1. The highest BCUT2D eigenvalue weighted by molar-refractivity contribution is 5.80. The summed E-state index contributed by atoms with van der Waals surface area (Å²) in [5.74, 6) is 0.340. The summed E-state index contributed by atoms with van der Waals surface area (Å²) in [4.78, 5) is 20.5. The minimum atomic E-state index is -0.222. The summed E-state index contributed by atoms with van der Waals surface area (Å²) in [6, 6.07) is 6.90. The molecular weight excluding hydrogens is 333 g/mol. The number of amides is 1. The Morgan fingerprint density at radius 1 is 1.15 bits per heavy atom. The van der Waals surface area contributed by atoms with Crippen molar-refractivity contribution < 1.29 is 9.18 Å². The number of carbonyl (C=O) groups excluding carboxylic acids is 1. The van der Waals surface area contributed by atoms with E-state index in [4.69, 9.17) is 5.73 Å². The lowest BCUT2D eigenvalue weighted by Crippen LogP contribution is -2.51. The lowest BCUT2D eigenvalue weighted by Gasteiger charge is -2.36. The zero-order valence-electron chi connectivity index (χ0n) is 15.2. The van der Waals surface area contributed by atoms with Crippen molar-refractivity contribution in [2.45, 2.75) is 38.1 Å². The Morgan fingerprint density at radius 3 is 2.46 bits per heavy atom. The van der Waals surface area contributed by atoms with Gasteiger partial charge >= 0.3 is 0 Å². The van der Waals surface area contributed by atoms with Crippen molar-refractivity contribution in [2.24, 2.45) is 10.7 Å². The number of halogens is 1. The number of rotatable bonds is 5. The molecule has 0 bridgehead atoms. The monoisotopic (exact) mass is 361 g/mol. The molecule has 2 aliphatic rings. The first-order chi connectivity index (χ1) is 12.6. The van der Waals surface area contributed by atoms with Gasteiger partial charge in [-0.05, 0) is 37.1 Å². The fourth-order valence-corrected chi connectivity index (χ4v) is 3.59. The van der Waals surface area contributed by atoms with Gasteiger partial charge in [0.05, 0.1) is 6.54 Å². The van der Waals surface area contributed by atoms with Crippen LogP contribution in [-0.2, 0) is 4.79 Å². The number of carbonyl (C=O) groups is 1. The van der Waals surface area contributed by atoms with Crippen LogP contribution in [0.2, 0.25) is 0 Å². The molecule has 6 nitrogen and oxygen atoms in total. The Morgan fingerprint density at radius 2 is 1.81 bits per heavy atom. The molecule has 1 amide bonds. The molecule has 3 N–H and O–H groups in total. The van der Waals surface area contributed by atoms with E-state index in [0.29, 0.717) is 25.0 Å². The maximum Gasteiger partial charge on any atom is 0.222 e. The van der Waals surface area contributed by atoms with Crippen LogP contribution >= 0.6 is 0 Å². The molecule has 3 rings (SSSR count). The van der Waals surface area contributed by atoms with Gasteiger partial charge in [0.25, 0.3) is 0 Å². The van der Waals surface area contributed by atoms with Crippen LogP contribution in [0.15, 0.2) is 29.3 Å². The summed E-state index contributed by atoms with van der Waals surface area (Å²) in [7, 11) is 0. The normalized spacial score (nSPS) is 19.0. The Bertz CT molecular complexity index is 619. The third-order valence-corrected chi connectivity index (χ3v) is 5.13. The smallest absolute Gasteiger partial charge is 0.222 e. The average Bonchev–Trinajstić information content (AvgIpc) is 3.15.